The van der Waals surface area contributed by atoms with E-state index in [1.807, 2.05) is 0 Å². The molecule has 134 valence electrons. The molecule has 0 aromatic heterocycles. The van der Waals surface area contributed by atoms with Gasteiger partial charge in [-0.1, -0.05) is 58.3 Å². The number of hydrogen-bond acceptors (Lipinski definition) is 1. The summed E-state index contributed by atoms with van der Waals surface area (Å²) in [6, 6.07) is 0. The van der Waals surface area contributed by atoms with Crippen LogP contribution in [0.1, 0.15) is 103 Å². The average molecular weight is 323 g/mol. The monoisotopic (exact) mass is 322 g/mol. The molecule has 0 saturated heterocycles. The summed E-state index contributed by atoms with van der Waals surface area (Å²) >= 11 is 0. The van der Waals surface area contributed by atoms with Crippen molar-refractivity contribution in [1.82, 2.24) is 0 Å². The van der Waals surface area contributed by atoms with Gasteiger partial charge in [-0.3, -0.25) is 4.79 Å². The fourth-order valence-corrected chi connectivity index (χ4v) is 5.10. The lowest BCUT2D eigenvalue weighted by molar-refractivity contribution is -0.138. The minimum Gasteiger partial charge on any atom is -0.481 e. The molecule has 2 nitrogen and oxygen atoms in total. The third kappa shape index (κ3) is 6.85. The molecular weight excluding hydrogens is 284 g/mol. The smallest absolute Gasteiger partial charge is 0.303 e. The van der Waals surface area contributed by atoms with Gasteiger partial charge in [0.2, 0.25) is 0 Å². The van der Waals surface area contributed by atoms with Crippen LogP contribution in [0.4, 0.5) is 0 Å². The Bertz CT molecular complexity index is 323. The molecule has 0 radical (unpaired) electrons. The molecule has 2 rings (SSSR count). The topological polar surface area (TPSA) is 37.3 Å². The number of unbranched alkanes of at least 4 members (excludes halogenated alkanes) is 4. The summed E-state index contributed by atoms with van der Waals surface area (Å²) in [6.07, 6.45) is 19.7. The van der Waals surface area contributed by atoms with Crippen molar-refractivity contribution in [3.05, 3.63) is 0 Å². The van der Waals surface area contributed by atoms with Crippen molar-refractivity contribution in [3.8, 4) is 0 Å². The summed E-state index contributed by atoms with van der Waals surface area (Å²) in [5.41, 5.74) is 0. The van der Waals surface area contributed by atoms with Crippen LogP contribution < -0.4 is 0 Å². The lowest BCUT2D eigenvalue weighted by Crippen LogP contribution is -2.26. The number of hydrogen-bond donors (Lipinski definition) is 1. The summed E-state index contributed by atoms with van der Waals surface area (Å²) < 4.78 is 0. The van der Waals surface area contributed by atoms with Gasteiger partial charge in [-0.2, -0.15) is 0 Å². The fourth-order valence-electron chi connectivity index (χ4n) is 5.10. The molecule has 0 unspecified atom stereocenters. The maximum atomic E-state index is 10.8. The van der Waals surface area contributed by atoms with E-state index in [0.29, 0.717) is 12.3 Å². The Balaban J connectivity index is 1.57. The van der Waals surface area contributed by atoms with Crippen molar-refractivity contribution in [1.29, 1.82) is 0 Å². The zero-order valence-electron chi connectivity index (χ0n) is 15.3. The van der Waals surface area contributed by atoms with Gasteiger partial charge in [0.25, 0.3) is 0 Å². The van der Waals surface area contributed by atoms with Crippen LogP contribution in [0.15, 0.2) is 0 Å². The van der Waals surface area contributed by atoms with Crippen LogP contribution in [0.3, 0.4) is 0 Å². The van der Waals surface area contributed by atoms with Gasteiger partial charge in [-0.25, -0.2) is 0 Å². The molecule has 23 heavy (non-hydrogen) atoms. The van der Waals surface area contributed by atoms with E-state index in [4.69, 9.17) is 5.11 Å². The van der Waals surface area contributed by atoms with E-state index in [2.05, 4.69) is 6.92 Å². The largest absolute Gasteiger partial charge is 0.481 e. The second-order valence-corrected chi connectivity index (χ2v) is 8.36. The van der Waals surface area contributed by atoms with E-state index in [0.717, 1.165) is 30.6 Å². The van der Waals surface area contributed by atoms with Crippen LogP contribution in [-0.2, 0) is 4.79 Å². The molecule has 0 bridgehead atoms. The van der Waals surface area contributed by atoms with Gasteiger partial charge in [0.05, 0.1) is 0 Å². The molecule has 2 saturated carbocycles. The summed E-state index contributed by atoms with van der Waals surface area (Å²) in [5.74, 6) is 2.73. The van der Waals surface area contributed by atoms with Gasteiger partial charge in [0, 0.05) is 6.42 Å². The van der Waals surface area contributed by atoms with Crippen molar-refractivity contribution in [2.45, 2.75) is 103 Å². The van der Waals surface area contributed by atoms with Crippen molar-refractivity contribution in [2.24, 2.45) is 23.7 Å². The van der Waals surface area contributed by atoms with Crippen LogP contribution in [0, 0.1) is 23.7 Å². The Morgan fingerprint density at radius 1 is 0.783 bits per heavy atom. The molecule has 0 spiro atoms. The normalized spacial score (nSPS) is 31.9. The standard InChI is InChI=1S/C21H38O2/c1-2-3-4-5-6-7-17-8-12-19(13-9-17)20-14-10-18(11-15-20)16-21(22)23/h17-20H,2-16H2,1H3,(H,22,23). The Hall–Kier alpha value is -0.530. The van der Waals surface area contributed by atoms with Crippen LogP contribution >= 0.6 is 0 Å². The molecule has 0 heterocycles. The lowest BCUT2D eigenvalue weighted by Gasteiger charge is -2.37. The number of rotatable bonds is 9. The Kier molecular flexibility index (Phi) is 8.47. The molecule has 0 amide bonds. The molecule has 2 fully saturated rings. The van der Waals surface area contributed by atoms with Crippen LogP contribution in [-0.4, -0.2) is 11.1 Å². The number of carbonyl (C=O) groups is 1. The van der Waals surface area contributed by atoms with Crippen molar-refractivity contribution < 1.29 is 9.90 Å². The second kappa shape index (κ2) is 10.4. The maximum absolute atomic E-state index is 10.8. The molecule has 0 atom stereocenters. The van der Waals surface area contributed by atoms with Gasteiger partial charge < -0.3 is 5.11 Å². The maximum Gasteiger partial charge on any atom is 0.303 e. The highest BCUT2D eigenvalue weighted by Gasteiger charge is 2.31. The van der Waals surface area contributed by atoms with E-state index in [1.54, 1.807) is 0 Å². The molecular formula is C21H38O2. The summed E-state index contributed by atoms with van der Waals surface area (Å²) in [4.78, 5) is 10.8. The second-order valence-electron chi connectivity index (χ2n) is 8.36. The molecule has 2 aliphatic carbocycles. The highest BCUT2D eigenvalue weighted by molar-refractivity contribution is 5.67. The summed E-state index contributed by atoms with van der Waals surface area (Å²) in [5, 5.41) is 8.93. The highest BCUT2D eigenvalue weighted by atomic mass is 16.4. The first kappa shape index (κ1) is 18.8. The van der Waals surface area contributed by atoms with Gasteiger partial charge in [-0.05, 0) is 62.2 Å². The quantitative estimate of drug-likeness (QED) is 0.496. The van der Waals surface area contributed by atoms with E-state index in [-0.39, 0.29) is 0 Å². The number of carboxylic acids is 1. The molecule has 2 heteroatoms. The molecule has 0 aromatic carbocycles. The first-order valence-electron chi connectivity index (χ1n) is 10.4. The van der Waals surface area contributed by atoms with Gasteiger partial charge >= 0.3 is 5.97 Å². The summed E-state index contributed by atoms with van der Waals surface area (Å²) in [6.45, 7) is 2.29. The molecule has 2 aliphatic rings. The minimum absolute atomic E-state index is 0.400. The van der Waals surface area contributed by atoms with Crippen molar-refractivity contribution >= 4 is 5.97 Å². The minimum atomic E-state index is -0.604. The zero-order valence-corrected chi connectivity index (χ0v) is 15.3. The van der Waals surface area contributed by atoms with Crippen LogP contribution in [0.25, 0.3) is 0 Å². The fraction of sp³-hybridized carbons (Fsp3) is 0.952. The van der Waals surface area contributed by atoms with E-state index < -0.39 is 5.97 Å². The average Bonchev–Trinajstić information content (AvgIpc) is 2.55. The SMILES string of the molecule is CCCCCCCC1CCC(C2CCC(CC(=O)O)CC2)CC1. The highest BCUT2D eigenvalue weighted by Crippen LogP contribution is 2.42. The van der Waals surface area contributed by atoms with E-state index >= 15 is 0 Å². The van der Waals surface area contributed by atoms with E-state index in [9.17, 15) is 4.79 Å². The Labute approximate surface area is 143 Å². The molecule has 0 aliphatic heterocycles. The molecule has 1 N–H and O–H groups in total. The van der Waals surface area contributed by atoms with Gasteiger partial charge in [0.15, 0.2) is 0 Å². The lowest BCUT2D eigenvalue weighted by atomic mass is 9.68. The van der Waals surface area contributed by atoms with Crippen LogP contribution in [0.2, 0.25) is 0 Å². The first-order valence-corrected chi connectivity index (χ1v) is 10.4. The summed E-state index contributed by atoms with van der Waals surface area (Å²) in [7, 11) is 0. The third-order valence-corrected chi connectivity index (χ3v) is 6.63. The van der Waals surface area contributed by atoms with Gasteiger partial charge in [0.1, 0.15) is 0 Å². The zero-order chi connectivity index (χ0) is 16.5. The Morgan fingerprint density at radius 3 is 1.83 bits per heavy atom. The Morgan fingerprint density at radius 2 is 1.30 bits per heavy atom. The van der Waals surface area contributed by atoms with Crippen molar-refractivity contribution in [2.75, 3.05) is 0 Å². The van der Waals surface area contributed by atoms with Crippen LogP contribution in [0.5, 0.6) is 0 Å². The predicted molar refractivity (Wildman–Crippen MR) is 96.5 cm³/mol. The third-order valence-electron chi connectivity index (χ3n) is 6.63. The molecule has 0 aromatic rings. The van der Waals surface area contributed by atoms with Crippen molar-refractivity contribution in [3.63, 3.8) is 0 Å². The predicted octanol–water partition coefficient (Wildman–Crippen LogP) is 6.43. The first-order chi connectivity index (χ1) is 11.2. The van der Waals surface area contributed by atoms with Gasteiger partial charge in [-0.15, -0.1) is 0 Å². The van der Waals surface area contributed by atoms with E-state index in [1.165, 1.54) is 77.0 Å². The number of aliphatic carboxylic acids is 1. The number of carboxylic acid groups (broad SMARTS) is 1.